The number of ether oxygens (including phenoxy) is 4. The molecule has 3 aliphatic carbocycles. The van der Waals surface area contributed by atoms with E-state index in [1.54, 1.807) is 13.0 Å². The fourth-order valence-corrected chi connectivity index (χ4v) is 7.08. The summed E-state index contributed by atoms with van der Waals surface area (Å²) in [7, 11) is 0. The molecule has 0 amide bonds. The molecule has 9 heteroatoms. The largest absolute Gasteiger partial charge is 0.458 e. The van der Waals surface area contributed by atoms with Crippen molar-refractivity contribution in [1.82, 2.24) is 0 Å². The maximum Gasteiger partial charge on any atom is 0.331 e. The van der Waals surface area contributed by atoms with Crippen molar-refractivity contribution < 1.29 is 42.9 Å². The first-order valence-corrected chi connectivity index (χ1v) is 15.0. The van der Waals surface area contributed by atoms with E-state index in [1.165, 1.54) is 26.8 Å². The van der Waals surface area contributed by atoms with Crippen molar-refractivity contribution in [3.05, 3.63) is 64.8 Å². The molecule has 3 aliphatic rings. The number of carbonyl (C=O) groups excluding carboxylic acids is 5. The summed E-state index contributed by atoms with van der Waals surface area (Å²) in [4.78, 5) is 64.5. The fourth-order valence-electron chi connectivity index (χ4n) is 7.08. The van der Waals surface area contributed by atoms with Gasteiger partial charge in [0.05, 0.1) is 0 Å². The van der Waals surface area contributed by atoms with Crippen LogP contribution in [0.25, 0.3) is 6.08 Å². The Kier molecular flexibility index (Phi) is 9.66. The molecule has 0 aliphatic heterocycles. The Hall–Kier alpha value is -4.01. The molecular weight excluding hydrogens is 564 g/mol. The average Bonchev–Trinajstić information content (AvgIpc) is 2.93. The zero-order chi connectivity index (χ0) is 32.4. The van der Waals surface area contributed by atoms with E-state index in [0.29, 0.717) is 36.0 Å². The minimum atomic E-state index is -1.24. The normalized spacial score (nSPS) is 30.9. The number of hydrogen-bond acceptors (Lipinski definition) is 9. The minimum Gasteiger partial charge on any atom is -0.458 e. The predicted octanol–water partition coefficient (Wildman–Crippen LogP) is 5.47. The fraction of sp³-hybridized carbons (Fsp3) is 0.514. The van der Waals surface area contributed by atoms with Crippen molar-refractivity contribution in [3.8, 4) is 0 Å². The highest BCUT2D eigenvalue weighted by atomic mass is 16.6. The second-order valence-corrected chi connectivity index (χ2v) is 12.9. The van der Waals surface area contributed by atoms with Gasteiger partial charge in [-0.1, -0.05) is 51.1 Å². The van der Waals surface area contributed by atoms with Crippen LogP contribution in [0.1, 0.15) is 79.7 Å². The SMILES string of the molecule is CC(=O)O[C@H]1C(=O)[C@]2(C)CC[C@@H](OC(=O)/C=C/c3ccccc3)/C(=C/[C@H](OC(C)=O)[C@@H]3C[C@H](OC(C)=O)C(C)=C1C3(C)C)C2. The van der Waals surface area contributed by atoms with E-state index in [4.69, 9.17) is 18.9 Å². The van der Waals surface area contributed by atoms with E-state index in [9.17, 15) is 24.0 Å². The van der Waals surface area contributed by atoms with Gasteiger partial charge in [-0.15, -0.1) is 0 Å². The third-order valence-electron chi connectivity index (χ3n) is 9.20. The van der Waals surface area contributed by atoms with Crippen LogP contribution in [0.5, 0.6) is 0 Å². The summed E-state index contributed by atoms with van der Waals surface area (Å²) in [5.41, 5.74) is 0.867. The molecule has 44 heavy (non-hydrogen) atoms. The molecule has 1 fully saturated rings. The number of esters is 4. The van der Waals surface area contributed by atoms with Crippen LogP contribution in [0.4, 0.5) is 0 Å². The lowest BCUT2D eigenvalue weighted by molar-refractivity contribution is -0.160. The van der Waals surface area contributed by atoms with Crippen molar-refractivity contribution >= 4 is 35.7 Å². The van der Waals surface area contributed by atoms with Crippen molar-refractivity contribution in [2.45, 2.75) is 98.6 Å². The van der Waals surface area contributed by atoms with Crippen LogP contribution in [0.15, 0.2) is 59.2 Å². The van der Waals surface area contributed by atoms with Crippen LogP contribution in [-0.2, 0) is 42.9 Å². The lowest BCUT2D eigenvalue weighted by atomic mass is 9.57. The van der Waals surface area contributed by atoms with Crippen LogP contribution in [0.3, 0.4) is 0 Å². The Morgan fingerprint density at radius 2 is 1.50 bits per heavy atom. The van der Waals surface area contributed by atoms with Crippen LogP contribution in [0.2, 0.25) is 0 Å². The summed E-state index contributed by atoms with van der Waals surface area (Å²) < 4.78 is 23.4. The second-order valence-electron chi connectivity index (χ2n) is 12.9. The van der Waals surface area contributed by atoms with Gasteiger partial charge < -0.3 is 18.9 Å². The topological polar surface area (TPSA) is 122 Å². The van der Waals surface area contributed by atoms with Gasteiger partial charge in [-0.3, -0.25) is 19.2 Å². The Labute approximate surface area is 258 Å². The molecule has 1 aromatic carbocycles. The number of ketones is 1. The standard InChI is InChI=1S/C35H42O9/c1-20-28(41-21(2)36)18-26-29(42-22(3)37)17-25-19-35(7,33(40)32(43-23(4)38)31(20)34(26,5)6)16-15-27(25)44-30(39)14-13-24-11-9-8-10-12-24/h8-14,17,26-29,32H,15-16,18-19H2,1-7H3/b14-13+,25-17+/t26-,27+,28-,29-,32+,35+/m0/s1. The Morgan fingerprint density at radius 1 is 0.864 bits per heavy atom. The summed E-state index contributed by atoms with van der Waals surface area (Å²) in [6.45, 7) is 11.3. The summed E-state index contributed by atoms with van der Waals surface area (Å²) in [6, 6.07) is 9.36. The second kappa shape index (κ2) is 12.9. The van der Waals surface area contributed by atoms with Crippen LogP contribution >= 0.6 is 0 Å². The van der Waals surface area contributed by atoms with E-state index >= 15 is 0 Å². The molecule has 0 heterocycles. The molecule has 9 nitrogen and oxygen atoms in total. The Morgan fingerprint density at radius 3 is 2.11 bits per heavy atom. The summed E-state index contributed by atoms with van der Waals surface area (Å²) in [5.74, 6) is -2.93. The third kappa shape index (κ3) is 7.03. The predicted molar refractivity (Wildman–Crippen MR) is 162 cm³/mol. The molecule has 6 atom stereocenters. The number of rotatable bonds is 6. The van der Waals surface area contributed by atoms with E-state index in [0.717, 1.165) is 5.56 Å². The summed E-state index contributed by atoms with van der Waals surface area (Å²) in [6.07, 6.45) is 2.63. The summed E-state index contributed by atoms with van der Waals surface area (Å²) in [5, 5.41) is 0. The Bertz CT molecular complexity index is 1420. The van der Waals surface area contributed by atoms with Gasteiger partial charge in [0.25, 0.3) is 0 Å². The van der Waals surface area contributed by atoms with Crippen LogP contribution in [0, 0.1) is 16.7 Å². The molecule has 0 unspecified atom stereocenters. The summed E-state index contributed by atoms with van der Waals surface area (Å²) >= 11 is 0. The third-order valence-corrected chi connectivity index (χ3v) is 9.20. The molecular formula is C35H42O9. The van der Waals surface area contributed by atoms with Gasteiger partial charge in [0, 0.05) is 38.2 Å². The molecule has 1 aromatic rings. The first-order chi connectivity index (χ1) is 20.6. The van der Waals surface area contributed by atoms with E-state index in [1.807, 2.05) is 57.2 Å². The number of benzene rings is 1. The highest BCUT2D eigenvalue weighted by Crippen LogP contribution is 2.53. The van der Waals surface area contributed by atoms with Gasteiger partial charge in [-0.05, 0) is 72.5 Å². The van der Waals surface area contributed by atoms with Crippen LogP contribution < -0.4 is 0 Å². The van der Waals surface area contributed by atoms with Gasteiger partial charge >= 0.3 is 23.9 Å². The zero-order valence-electron chi connectivity index (χ0n) is 26.5. The van der Waals surface area contributed by atoms with E-state index in [2.05, 4.69) is 0 Å². The molecule has 236 valence electrons. The lowest BCUT2D eigenvalue weighted by Crippen LogP contribution is -2.53. The first-order valence-electron chi connectivity index (χ1n) is 15.0. The van der Waals surface area contributed by atoms with Crippen molar-refractivity contribution in [2.75, 3.05) is 0 Å². The quantitative estimate of drug-likeness (QED) is 0.180. The molecule has 4 rings (SSSR count). The minimum absolute atomic E-state index is 0.217. The maximum absolute atomic E-state index is 14.5. The van der Waals surface area contributed by atoms with Crippen molar-refractivity contribution in [2.24, 2.45) is 16.7 Å². The molecule has 4 bridgehead atoms. The maximum atomic E-state index is 14.5. The molecule has 1 saturated carbocycles. The first kappa shape index (κ1) is 32.9. The smallest absolute Gasteiger partial charge is 0.331 e. The highest BCUT2D eigenvalue weighted by Gasteiger charge is 2.55. The Balaban J connectivity index is 1.84. The number of carbonyl (C=O) groups is 5. The van der Waals surface area contributed by atoms with Gasteiger partial charge in [-0.25, -0.2) is 4.79 Å². The number of hydrogen-bond donors (Lipinski definition) is 0. The molecule has 0 radical (unpaired) electrons. The average molecular weight is 607 g/mol. The molecule has 0 saturated heterocycles. The van der Waals surface area contributed by atoms with Gasteiger partial charge in [0.2, 0.25) is 0 Å². The monoisotopic (exact) mass is 606 g/mol. The van der Waals surface area contributed by atoms with E-state index < -0.39 is 65.0 Å². The van der Waals surface area contributed by atoms with E-state index in [-0.39, 0.29) is 12.2 Å². The van der Waals surface area contributed by atoms with Crippen molar-refractivity contribution in [3.63, 3.8) is 0 Å². The van der Waals surface area contributed by atoms with Crippen molar-refractivity contribution in [1.29, 1.82) is 0 Å². The van der Waals surface area contributed by atoms with Crippen LogP contribution in [-0.4, -0.2) is 54.1 Å². The number of Topliss-reactive ketones (excluding diaryl/α,β-unsaturated/α-hetero) is 1. The number of fused-ring (bicyclic) bond motifs is 4. The molecule has 0 spiro atoms. The van der Waals surface area contributed by atoms with Gasteiger partial charge in [0.1, 0.15) is 18.3 Å². The van der Waals surface area contributed by atoms with Gasteiger partial charge in [-0.2, -0.15) is 0 Å². The molecule has 0 aromatic heterocycles. The highest BCUT2D eigenvalue weighted by molar-refractivity contribution is 5.94. The lowest BCUT2D eigenvalue weighted by Gasteiger charge is -2.50. The van der Waals surface area contributed by atoms with Gasteiger partial charge in [0.15, 0.2) is 11.9 Å². The zero-order valence-corrected chi connectivity index (χ0v) is 26.5. The molecule has 0 N–H and O–H groups in total.